The van der Waals surface area contributed by atoms with Gasteiger partial charge in [0.2, 0.25) is 0 Å². The maximum atomic E-state index is 12.4. The van der Waals surface area contributed by atoms with Gasteiger partial charge in [-0.2, -0.15) is 0 Å². The van der Waals surface area contributed by atoms with Crippen molar-refractivity contribution in [2.24, 2.45) is 0 Å². The SMILES string of the molecule is O=C(NCc1ccccn1)N1CCC[C@H]1CCc1ccccc1. The lowest BCUT2D eigenvalue weighted by Crippen LogP contribution is -2.42. The van der Waals surface area contributed by atoms with Crippen LogP contribution in [0.1, 0.15) is 30.5 Å². The molecule has 1 fully saturated rings. The third-order valence-corrected chi connectivity index (χ3v) is 4.39. The Balaban J connectivity index is 1.50. The Morgan fingerprint density at radius 3 is 2.78 bits per heavy atom. The number of rotatable bonds is 5. The molecule has 120 valence electrons. The predicted octanol–water partition coefficient (Wildman–Crippen LogP) is 3.39. The third kappa shape index (κ3) is 4.31. The van der Waals surface area contributed by atoms with Crippen LogP contribution >= 0.6 is 0 Å². The lowest BCUT2D eigenvalue weighted by Gasteiger charge is -2.25. The van der Waals surface area contributed by atoms with Crippen LogP contribution in [0.4, 0.5) is 4.79 Å². The Hall–Kier alpha value is -2.36. The largest absolute Gasteiger partial charge is 0.332 e. The molecule has 1 atom stereocenters. The summed E-state index contributed by atoms with van der Waals surface area (Å²) >= 11 is 0. The van der Waals surface area contributed by atoms with Gasteiger partial charge in [-0.15, -0.1) is 0 Å². The fourth-order valence-electron chi connectivity index (χ4n) is 3.15. The highest BCUT2D eigenvalue weighted by Gasteiger charge is 2.28. The van der Waals surface area contributed by atoms with Gasteiger partial charge in [-0.1, -0.05) is 36.4 Å². The van der Waals surface area contributed by atoms with Crippen LogP contribution < -0.4 is 5.32 Å². The summed E-state index contributed by atoms with van der Waals surface area (Å²) in [7, 11) is 0. The van der Waals surface area contributed by atoms with Crippen LogP contribution in [0.5, 0.6) is 0 Å². The van der Waals surface area contributed by atoms with Gasteiger partial charge in [0, 0.05) is 18.8 Å². The van der Waals surface area contributed by atoms with Crippen molar-refractivity contribution < 1.29 is 4.79 Å². The highest BCUT2D eigenvalue weighted by atomic mass is 16.2. The number of nitrogens with zero attached hydrogens (tertiary/aromatic N) is 2. The molecule has 0 aliphatic carbocycles. The minimum absolute atomic E-state index is 0.0335. The highest BCUT2D eigenvalue weighted by Crippen LogP contribution is 2.22. The molecule has 0 saturated carbocycles. The minimum Gasteiger partial charge on any atom is -0.332 e. The van der Waals surface area contributed by atoms with Crippen molar-refractivity contribution in [1.82, 2.24) is 15.2 Å². The number of nitrogens with one attached hydrogen (secondary N) is 1. The topological polar surface area (TPSA) is 45.2 Å². The van der Waals surface area contributed by atoms with Crippen molar-refractivity contribution >= 4 is 6.03 Å². The van der Waals surface area contributed by atoms with Gasteiger partial charge < -0.3 is 10.2 Å². The van der Waals surface area contributed by atoms with E-state index in [0.717, 1.165) is 37.9 Å². The van der Waals surface area contributed by atoms with Crippen molar-refractivity contribution in [3.63, 3.8) is 0 Å². The average molecular weight is 309 g/mol. The van der Waals surface area contributed by atoms with Crippen molar-refractivity contribution in [3.05, 3.63) is 66.0 Å². The molecular formula is C19H23N3O. The highest BCUT2D eigenvalue weighted by molar-refractivity contribution is 5.74. The normalized spacial score (nSPS) is 17.2. The van der Waals surface area contributed by atoms with Crippen LogP contribution in [0.25, 0.3) is 0 Å². The van der Waals surface area contributed by atoms with Crippen LogP contribution in [0, 0.1) is 0 Å². The summed E-state index contributed by atoms with van der Waals surface area (Å²) in [5.74, 6) is 0. The zero-order valence-electron chi connectivity index (χ0n) is 13.3. The Morgan fingerprint density at radius 2 is 2.00 bits per heavy atom. The lowest BCUT2D eigenvalue weighted by molar-refractivity contribution is 0.189. The van der Waals surface area contributed by atoms with Crippen LogP contribution in [-0.2, 0) is 13.0 Å². The number of hydrogen-bond donors (Lipinski definition) is 1. The van der Waals surface area contributed by atoms with Gasteiger partial charge in [0.05, 0.1) is 12.2 Å². The van der Waals surface area contributed by atoms with E-state index in [4.69, 9.17) is 0 Å². The van der Waals surface area contributed by atoms with E-state index >= 15 is 0 Å². The molecule has 1 aliphatic rings. The maximum Gasteiger partial charge on any atom is 0.317 e. The van der Waals surface area contributed by atoms with Crippen LogP contribution in [-0.4, -0.2) is 28.5 Å². The van der Waals surface area contributed by atoms with Crippen LogP contribution in [0.2, 0.25) is 0 Å². The van der Waals surface area contributed by atoms with E-state index in [1.165, 1.54) is 5.56 Å². The maximum absolute atomic E-state index is 12.4. The molecule has 3 rings (SSSR count). The average Bonchev–Trinajstić information content (AvgIpc) is 3.08. The van der Waals surface area contributed by atoms with E-state index in [2.05, 4.69) is 34.6 Å². The first-order chi connectivity index (χ1) is 11.3. The lowest BCUT2D eigenvalue weighted by atomic mass is 10.0. The van der Waals surface area contributed by atoms with Gasteiger partial charge in [0.15, 0.2) is 0 Å². The van der Waals surface area contributed by atoms with Crippen molar-refractivity contribution in [2.75, 3.05) is 6.54 Å². The first-order valence-corrected chi connectivity index (χ1v) is 8.31. The first-order valence-electron chi connectivity index (χ1n) is 8.31. The second-order valence-corrected chi connectivity index (χ2v) is 5.99. The number of aromatic nitrogens is 1. The summed E-state index contributed by atoms with van der Waals surface area (Å²) < 4.78 is 0. The molecule has 1 aromatic carbocycles. The summed E-state index contributed by atoms with van der Waals surface area (Å²) in [6, 6.07) is 16.6. The Kier molecular flexibility index (Phi) is 5.25. The molecule has 4 nitrogen and oxygen atoms in total. The van der Waals surface area contributed by atoms with Gasteiger partial charge in [0.1, 0.15) is 0 Å². The second kappa shape index (κ2) is 7.77. The first kappa shape index (κ1) is 15.5. The quantitative estimate of drug-likeness (QED) is 0.920. The Morgan fingerprint density at radius 1 is 1.17 bits per heavy atom. The molecule has 2 aromatic rings. The fourth-order valence-corrected chi connectivity index (χ4v) is 3.15. The molecular weight excluding hydrogens is 286 g/mol. The standard InChI is InChI=1S/C19H23N3O/c23-19(21-15-17-9-4-5-13-20-17)22-14-6-10-18(22)12-11-16-7-2-1-3-8-16/h1-5,7-9,13,18H,6,10-12,14-15H2,(H,21,23)/t18-/m0/s1. The van der Waals surface area contributed by atoms with Crippen molar-refractivity contribution in [2.45, 2.75) is 38.3 Å². The van der Waals surface area contributed by atoms with E-state index < -0.39 is 0 Å². The van der Waals surface area contributed by atoms with Crippen LogP contribution in [0.3, 0.4) is 0 Å². The smallest absolute Gasteiger partial charge is 0.317 e. The number of amides is 2. The number of likely N-dealkylation sites (tertiary alicyclic amines) is 1. The number of benzene rings is 1. The predicted molar refractivity (Wildman–Crippen MR) is 91.0 cm³/mol. The molecule has 23 heavy (non-hydrogen) atoms. The molecule has 2 amide bonds. The van der Waals surface area contributed by atoms with Gasteiger partial charge >= 0.3 is 6.03 Å². The number of urea groups is 1. The molecule has 0 unspecified atom stereocenters. The molecule has 0 spiro atoms. The number of hydrogen-bond acceptors (Lipinski definition) is 2. The molecule has 2 heterocycles. The Bertz CT molecular complexity index is 615. The van der Waals surface area contributed by atoms with E-state index in [-0.39, 0.29) is 6.03 Å². The van der Waals surface area contributed by atoms with Gasteiger partial charge in [-0.25, -0.2) is 4.79 Å². The molecule has 1 saturated heterocycles. The molecule has 1 N–H and O–H groups in total. The molecule has 0 bridgehead atoms. The Labute approximate surface area is 137 Å². The monoisotopic (exact) mass is 309 g/mol. The van der Waals surface area contributed by atoms with E-state index in [1.807, 2.05) is 29.2 Å². The van der Waals surface area contributed by atoms with E-state index in [0.29, 0.717) is 12.6 Å². The summed E-state index contributed by atoms with van der Waals surface area (Å²) in [6.45, 7) is 1.34. The van der Waals surface area contributed by atoms with E-state index in [1.54, 1.807) is 6.20 Å². The summed E-state index contributed by atoms with van der Waals surface area (Å²) in [5, 5.41) is 2.99. The van der Waals surface area contributed by atoms with E-state index in [9.17, 15) is 4.79 Å². The van der Waals surface area contributed by atoms with Crippen molar-refractivity contribution in [1.29, 1.82) is 0 Å². The van der Waals surface area contributed by atoms with Crippen molar-refractivity contribution in [3.8, 4) is 0 Å². The van der Waals surface area contributed by atoms with Gasteiger partial charge in [-0.05, 0) is 43.4 Å². The minimum atomic E-state index is 0.0335. The number of pyridine rings is 1. The fraction of sp³-hybridized carbons (Fsp3) is 0.368. The third-order valence-electron chi connectivity index (χ3n) is 4.39. The summed E-state index contributed by atoms with van der Waals surface area (Å²) in [6.07, 6.45) is 6.00. The molecule has 1 aromatic heterocycles. The molecule has 4 heteroatoms. The van der Waals surface area contributed by atoms with Gasteiger partial charge in [0.25, 0.3) is 0 Å². The second-order valence-electron chi connectivity index (χ2n) is 5.99. The number of carbonyl (C=O) groups excluding carboxylic acids is 1. The number of carbonyl (C=O) groups is 1. The summed E-state index contributed by atoms with van der Waals surface area (Å²) in [5.41, 5.74) is 2.23. The van der Waals surface area contributed by atoms with Crippen LogP contribution in [0.15, 0.2) is 54.7 Å². The number of aryl methyl sites for hydroxylation is 1. The summed E-state index contributed by atoms with van der Waals surface area (Å²) in [4.78, 5) is 18.7. The van der Waals surface area contributed by atoms with Gasteiger partial charge in [-0.3, -0.25) is 4.98 Å². The molecule has 0 radical (unpaired) electrons. The molecule has 1 aliphatic heterocycles. The zero-order valence-corrected chi connectivity index (χ0v) is 13.3. The zero-order chi connectivity index (χ0) is 15.9.